The standard InChI is InChI=1S/C29H47N9O17/c1-8(2)14-26(51)37-16(18(43)19(44)20(30)45)27(52)36-15(9(3)40)25(50)32-6-13(42)24(49)38-17(29(54)55)28(53)33-11(5-31-21(46)10(4)41)22(47)34-12(7-39)23(48)35-14/h8-19,39-44H,5-7H2,1-4H3,(H2,30,45)(H,31,46)(H,32,50)(H,33,53)(H,34,47)(H,35,48)(H,36,52)(H,37,51)(H,38,49)(H,54,55)/t9-,10?,11+,12+,13+,14+,15+,16?,17?,18?,19?/m1/s1. The zero-order chi connectivity index (χ0) is 42.5. The molecule has 26 heteroatoms. The molecule has 0 aromatic heterocycles. The lowest BCUT2D eigenvalue weighted by Crippen LogP contribution is -2.66. The summed E-state index contributed by atoms with van der Waals surface area (Å²) in [5.74, 6) is -15.7. The minimum atomic E-state index is -2.57. The van der Waals surface area contributed by atoms with Gasteiger partial charge in [-0.1, -0.05) is 13.8 Å². The van der Waals surface area contributed by atoms with Gasteiger partial charge in [0, 0.05) is 6.54 Å². The van der Waals surface area contributed by atoms with Crippen LogP contribution in [0, 0.1) is 5.92 Å². The number of carbonyl (C=O) groups is 10. The third-order valence-electron chi connectivity index (χ3n) is 7.72. The normalized spacial score (nSPS) is 27.8. The molecular weight excluding hydrogens is 746 g/mol. The van der Waals surface area contributed by atoms with Gasteiger partial charge in [0.15, 0.2) is 6.10 Å². The zero-order valence-electron chi connectivity index (χ0n) is 29.8. The Balaban J connectivity index is 3.79. The van der Waals surface area contributed by atoms with Gasteiger partial charge < -0.3 is 84.0 Å². The van der Waals surface area contributed by atoms with Crippen LogP contribution >= 0.6 is 0 Å². The first kappa shape index (κ1) is 47.5. The Labute approximate surface area is 311 Å². The van der Waals surface area contributed by atoms with Gasteiger partial charge in [0.2, 0.25) is 47.4 Å². The predicted octanol–water partition coefficient (Wildman–Crippen LogP) is -10.8. The molecule has 5 unspecified atom stereocenters. The summed E-state index contributed by atoms with van der Waals surface area (Å²) < 4.78 is 0. The smallest absolute Gasteiger partial charge is 0.336 e. The number of carboxylic acids is 1. The van der Waals surface area contributed by atoms with Crippen molar-refractivity contribution in [3.63, 3.8) is 0 Å². The number of hydrogen-bond donors (Lipinski definition) is 16. The lowest BCUT2D eigenvalue weighted by Gasteiger charge is -2.31. The summed E-state index contributed by atoms with van der Waals surface area (Å²) in [5, 5.41) is 86.2. The monoisotopic (exact) mass is 793 g/mol. The molecule has 0 radical (unpaired) electrons. The highest BCUT2D eigenvalue weighted by molar-refractivity contribution is 6.06. The van der Waals surface area contributed by atoms with Crippen molar-refractivity contribution in [2.24, 2.45) is 11.7 Å². The van der Waals surface area contributed by atoms with Gasteiger partial charge in [-0.3, -0.25) is 43.2 Å². The first-order chi connectivity index (χ1) is 25.4. The van der Waals surface area contributed by atoms with Crippen LogP contribution in [-0.4, -0.2) is 181 Å². The number of amides is 9. The largest absolute Gasteiger partial charge is 0.479 e. The maximum atomic E-state index is 13.5. The van der Waals surface area contributed by atoms with E-state index in [1.54, 1.807) is 5.32 Å². The van der Waals surface area contributed by atoms with Gasteiger partial charge >= 0.3 is 5.97 Å². The van der Waals surface area contributed by atoms with Gasteiger partial charge in [0.1, 0.15) is 48.5 Å². The molecule has 1 aliphatic rings. The number of aliphatic carboxylic acids is 1. The second-order valence-corrected chi connectivity index (χ2v) is 12.5. The van der Waals surface area contributed by atoms with Crippen LogP contribution < -0.4 is 48.3 Å². The van der Waals surface area contributed by atoms with Crippen LogP contribution in [-0.2, 0) is 47.9 Å². The fourth-order valence-corrected chi connectivity index (χ4v) is 4.50. The SMILES string of the molecule is CC(O)C(=O)NC[C@@H]1NC(=O)C(C(=O)O)NC(=O)[C@@H](O)CNC(=O)[C@H]([C@@H](C)O)NC(=O)C(C(O)C(O)C(N)=O)NC(=O)[C@H](C(C)C)NC(=O)[C@H](CO)NC1=O. The number of carbonyl (C=O) groups excluding carboxylic acids is 9. The van der Waals surface area contributed by atoms with Gasteiger partial charge in [0.25, 0.3) is 11.8 Å². The summed E-state index contributed by atoms with van der Waals surface area (Å²) in [7, 11) is 0. The van der Waals surface area contributed by atoms with E-state index >= 15 is 0 Å². The summed E-state index contributed by atoms with van der Waals surface area (Å²) in [6.07, 6.45) is -10.8. The number of β-amino-alcohol motifs (C(OH)–C–C–N with tert-alkyl or cyclic N) is 1. The van der Waals surface area contributed by atoms with E-state index in [4.69, 9.17) is 5.73 Å². The molecular formula is C29H47N9O17. The van der Waals surface area contributed by atoms with E-state index < -0.39 is 152 Å². The van der Waals surface area contributed by atoms with E-state index in [0.29, 0.717) is 0 Å². The zero-order valence-corrected chi connectivity index (χ0v) is 29.8. The number of aliphatic hydroxyl groups excluding tert-OH is 6. The van der Waals surface area contributed by atoms with Crippen LogP contribution in [0.2, 0.25) is 0 Å². The topological polar surface area (TPSA) is 435 Å². The van der Waals surface area contributed by atoms with E-state index in [9.17, 15) is 83.7 Å². The molecule has 11 atom stereocenters. The van der Waals surface area contributed by atoms with Crippen molar-refractivity contribution in [3.05, 3.63) is 0 Å². The van der Waals surface area contributed by atoms with E-state index in [1.807, 2.05) is 26.6 Å². The third-order valence-corrected chi connectivity index (χ3v) is 7.72. The summed E-state index contributed by atoms with van der Waals surface area (Å²) in [6, 6.07) is -12.6. The second-order valence-electron chi connectivity index (χ2n) is 12.5. The number of hydrogen-bond acceptors (Lipinski definition) is 16. The maximum Gasteiger partial charge on any atom is 0.336 e. The highest BCUT2D eigenvalue weighted by Crippen LogP contribution is 2.08. The molecule has 17 N–H and O–H groups in total. The molecule has 310 valence electrons. The highest BCUT2D eigenvalue weighted by Gasteiger charge is 2.41. The van der Waals surface area contributed by atoms with Crippen molar-refractivity contribution in [3.8, 4) is 0 Å². The summed E-state index contributed by atoms with van der Waals surface area (Å²) >= 11 is 0. The number of primary amides is 1. The van der Waals surface area contributed by atoms with Gasteiger partial charge in [0.05, 0.1) is 19.3 Å². The van der Waals surface area contributed by atoms with Crippen LogP contribution in [0.15, 0.2) is 0 Å². The molecule has 55 heavy (non-hydrogen) atoms. The van der Waals surface area contributed by atoms with E-state index in [1.165, 1.54) is 13.8 Å². The Bertz CT molecular complexity index is 1480. The average Bonchev–Trinajstić information content (AvgIpc) is 3.10. The van der Waals surface area contributed by atoms with Gasteiger partial charge in [-0.15, -0.1) is 0 Å². The molecule has 1 saturated heterocycles. The Morgan fingerprint density at radius 1 is 0.709 bits per heavy atom. The van der Waals surface area contributed by atoms with Crippen LogP contribution in [0.3, 0.4) is 0 Å². The average molecular weight is 794 g/mol. The van der Waals surface area contributed by atoms with Crippen molar-refractivity contribution >= 4 is 59.1 Å². The van der Waals surface area contributed by atoms with Crippen molar-refractivity contribution < 1.29 is 83.7 Å². The Morgan fingerprint density at radius 3 is 1.71 bits per heavy atom. The molecule has 1 aliphatic heterocycles. The Kier molecular flexibility index (Phi) is 18.5. The van der Waals surface area contributed by atoms with Gasteiger partial charge in [-0.05, 0) is 19.8 Å². The molecule has 0 bridgehead atoms. The predicted molar refractivity (Wildman–Crippen MR) is 178 cm³/mol. The molecule has 0 spiro atoms. The maximum absolute atomic E-state index is 13.5. The molecule has 1 rings (SSSR count). The molecule has 1 fully saturated rings. The third kappa shape index (κ3) is 14.0. The van der Waals surface area contributed by atoms with Gasteiger partial charge in [-0.25, -0.2) is 4.79 Å². The molecule has 0 aliphatic carbocycles. The van der Waals surface area contributed by atoms with Crippen LogP contribution in [0.4, 0.5) is 0 Å². The van der Waals surface area contributed by atoms with Crippen molar-refractivity contribution in [1.29, 1.82) is 0 Å². The quantitative estimate of drug-likeness (QED) is 0.0913. The number of carboxylic acid groups (broad SMARTS) is 1. The summed E-state index contributed by atoms with van der Waals surface area (Å²) in [5.41, 5.74) is 5.03. The lowest BCUT2D eigenvalue weighted by molar-refractivity contribution is -0.148. The Morgan fingerprint density at radius 2 is 1.22 bits per heavy atom. The Hall–Kier alpha value is -5.54. The van der Waals surface area contributed by atoms with Crippen LogP contribution in [0.25, 0.3) is 0 Å². The first-order valence-corrected chi connectivity index (χ1v) is 16.4. The molecule has 1 heterocycles. The molecule has 0 aromatic carbocycles. The van der Waals surface area contributed by atoms with Crippen LogP contribution in [0.5, 0.6) is 0 Å². The minimum absolute atomic E-state index is 0.888. The number of nitrogens with one attached hydrogen (secondary N) is 8. The fourth-order valence-electron chi connectivity index (χ4n) is 4.50. The summed E-state index contributed by atoms with van der Waals surface area (Å²) in [6.45, 7) is 1.58. The number of rotatable bonds is 10. The molecule has 26 nitrogen and oxygen atoms in total. The second kappa shape index (κ2) is 21.4. The number of aliphatic hydroxyl groups is 6. The lowest BCUT2D eigenvalue weighted by atomic mass is 9.99. The summed E-state index contributed by atoms with van der Waals surface area (Å²) in [4.78, 5) is 128. The van der Waals surface area contributed by atoms with Crippen molar-refractivity contribution in [1.82, 2.24) is 42.5 Å². The minimum Gasteiger partial charge on any atom is -0.479 e. The van der Waals surface area contributed by atoms with Gasteiger partial charge in [-0.2, -0.15) is 0 Å². The number of nitrogens with two attached hydrogens (primary N) is 1. The van der Waals surface area contributed by atoms with Crippen molar-refractivity contribution in [2.45, 2.75) is 94.5 Å². The molecule has 9 amide bonds. The highest BCUT2D eigenvalue weighted by atomic mass is 16.4. The van der Waals surface area contributed by atoms with Crippen molar-refractivity contribution in [2.75, 3.05) is 19.7 Å². The first-order valence-electron chi connectivity index (χ1n) is 16.4. The molecule has 0 aromatic rings. The van der Waals surface area contributed by atoms with Crippen LogP contribution in [0.1, 0.15) is 27.7 Å². The fraction of sp³-hybridized carbons (Fsp3) is 0.655. The van der Waals surface area contributed by atoms with E-state index in [-0.39, 0.29) is 0 Å². The van der Waals surface area contributed by atoms with E-state index in [2.05, 4.69) is 10.6 Å². The molecule has 0 saturated carbocycles. The van der Waals surface area contributed by atoms with E-state index in [0.717, 1.165) is 13.8 Å².